The molecule has 26 heavy (non-hydrogen) atoms. The predicted molar refractivity (Wildman–Crippen MR) is 105 cm³/mol. The lowest BCUT2D eigenvalue weighted by Gasteiger charge is -2.16. The van der Waals surface area contributed by atoms with Crippen molar-refractivity contribution >= 4 is 22.9 Å². The zero-order valence-electron chi connectivity index (χ0n) is 15.3. The van der Waals surface area contributed by atoms with Crippen LogP contribution >= 0.6 is 11.3 Å². The van der Waals surface area contributed by atoms with Crippen LogP contribution in [0.4, 0.5) is 10.1 Å². The Hall–Kier alpha value is -2.53. The van der Waals surface area contributed by atoms with Crippen molar-refractivity contribution in [2.45, 2.75) is 33.6 Å². The van der Waals surface area contributed by atoms with E-state index in [0.29, 0.717) is 21.5 Å². The van der Waals surface area contributed by atoms with Crippen molar-refractivity contribution in [2.24, 2.45) is 0 Å². The molecule has 0 unspecified atom stereocenters. The Morgan fingerprint density at radius 2 is 1.81 bits per heavy atom. The molecule has 0 atom stereocenters. The highest BCUT2D eigenvalue weighted by Gasteiger charge is 2.19. The minimum atomic E-state index is -0.291. The number of benzene rings is 2. The van der Waals surface area contributed by atoms with Crippen LogP contribution in [0.3, 0.4) is 0 Å². The number of halogens is 1. The number of rotatable bonds is 4. The fraction of sp³-hybridized carbons (Fsp3) is 0.238. The molecule has 0 saturated heterocycles. The summed E-state index contributed by atoms with van der Waals surface area (Å²) in [4.78, 5) is 17.9. The van der Waals surface area contributed by atoms with Gasteiger partial charge in [0.1, 0.15) is 15.7 Å². The second kappa shape index (κ2) is 7.38. The standard InChI is InChI=1S/C21H21FN2OS/c1-12(2)17-7-5-6-13(3)18(17)24-20(25)19-14(4)23-21(26-19)15-8-10-16(22)11-9-15/h5-12H,1-4H3,(H,24,25). The molecular formula is C21H21FN2OS. The maximum absolute atomic E-state index is 13.1. The highest BCUT2D eigenvalue weighted by atomic mass is 32.1. The van der Waals surface area contributed by atoms with Crippen LogP contribution < -0.4 is 5.32 Å². The molecule has 0 aliphatic carbocycles. The number of amides is 1. The molecule has 1 heterocycles. The Morgan fingerprint density at radius 1 is 1.12 bits per heavy atom. The van der Waals surface area contributed by atoms with Crippen molar-refractivity contribution in [2.75, 3.05) is 5.32 Å². The maximum Gasteiger partial charge on any atom is 0.267 e. The third-order valence-corrected chi connectivity index (χ3v) is 5.46. The van der Waals surface area contributed by atoms with Gasteiger partial charge in [0.25, 0.3) is 5.91 Å². The molecule has 0 radical (unpaired) electrons. The average molecular weight is 368 g/mol. The van der Waals surface area contributed by atoms with Crippen molar-refractivity contribution in [3.05, 3.63) is 70.0 Å². The van der Waals surface area contributed by atoms with Gasteiger partial charge in [0.2, 0.25) is 0 Å². The number of carbonyl (C=O) groups excluding carboxylic acids is 1. The van der Waals surface area contributed by atoms with Crippen molar-refractivity contribution in [3.63, 3.8) is 0 Å². The van der Waals surface area contributed by atoms with Gasteiger partial charge in [0.15, 0.2) is 0 Å². The van der Waals surface area contributed by atoms with Gasteiger partial charge in [-0.2, -0.15) is 0 Å². The number of hydrogen-bond acceptors (Lipinski definition) is 3. The van der Waals surface area contributed by atoms with E-state index in [-0.39, 0.29) is 11.7 Å². The third-order valence-electron chi connectivity index (χ3n) is 4.26. The largest absolute Gasteiger partial charge is 0.321 e. The molecular weight excluding hydrogens is 347 g/mol. The third kappa shape index (κ3) is 3.68. The topological polar surface area (TPSA) is 42.0 Å². The number of thiazole rings is 1. The van der Waals surface area contributed by atoms with E-state index < -0.39 is 0 Å². The monoisotopic (exact) mass is 368 g/mol. The normalized spacial score (nSPS) is 11.0. The fourth-order valence-corrected chi connectivity index (χ4v) is 3.80. The average Bonchev–Trinajstić information content (AvgIpc) is 2.99. The van der Waals surface area contributed by atoms with Gasteiger partial charge in [-0.05, 0) is 55.2 Å². The number of hydrogen-bond donors (Lipinski definition) is 1. The SMILES string of the molecule is Cc1cccc(C(C)C)c1NC(=O)c1sc(-c2ccc(F)cc2)nc1C. The Kier molecular flexibility index (Phi) is 5.18. The molecule has 3 aromatic rings. The van der Waals surface area contributed by atoms with E-state index in [1.165, 1.54) is 23.5 Å². The zero-order chi connectivity index (χ0) is 18.8. The molecule has 2 aromatic carbocycles. The lowest BCUT2D eigenvalue weighted by atomic mass is 9.98. The van der Waals surface area contributed by atoms with Crippen LogP contribution in [0.25, 0.3) is 10.6 Å². The highest BCUT2D eigenvalue weighted by Crippen LogP contribution is 2.31. The number of carbonyl (C=O) groups is 1. The Morgan fingerprint density at radius 3 is 2.46 bits per heavy atom. The molecule has 3 nitrogen and oxygen atoms in total. The highest BCUT2D eigenvalue weighted by molar-refractivity contribution is 7.17. The molecule has 1 N–H and O–H groups in total. The molecule has 0 bridgehead atoms. The summed E-state index contributed by atoms with van der Waals surface area (Å²) >= 11 is 1.32. The number of aryl methyl sites for hydroxylation is 2. The minimum absolute atomic E-state index is 0.162. The second-order valence-electron chi connectivity index (χ2n) is 6.59. The fourth-order valence-electron chi connectivity index (χ4n) is 2.84. The molecule has 0 fully saturated rings. The number of nitrogens with zero attached hydrogens (tertiary/aromatic N) is 1. The Labute approximate surface area is 156 Å². The molecule has 1 aromatic heterocycles. The molecule has 5 heteroatoms. The quantitative estimate of drug-likeness (QED) is 0.619. The van der Waals surface area contributed by atoms with Crippen molar-refractivity contribution < 1.29 is 9.18 Å². The molecule has 0 aliphatic heterocycles. The van der Waals surface area contributed by atoms with Gasteiger partial charge >= 0.3 is 0 Å². The van der Waals surface area contributed by atoms with E-state index in [9.17, 15) is 9.18 Å². The first-order chi connectivity index (χ1) is 12.4. The summed E-state index contributed by atoms with van der Waals surface area (Å²) in [6.07, 6.45) is 0. The van der Waals surface area contributed by atoms with E-state index in [1.54, 1.807) is 12.1 Å². The second-order valence-corrected chi connectivity index (χ2v) is 7.59. The van der Waals surface area contributed by atoms with E-state index in [4.69, 9.17) is 0 Å². The van der Waals surface area contributed by atoms with Crippen molar-refractivity contribution in [1.29, 1.82) is 0 Å². The van der Waals surface area contributed by atoms with Gasteiger partial charge in [0, 0.05) is 11.3 Å². The van der Waals surface area contributed by atoms with Crippen LogP contribution in [0.15, 0.2) is 42.5 Å². The number of aromatic nitrogens is 1. The first kappa shape index (κ1) is 18.3. The number of anilines is 1. The maximum atomic E-state index is 13.1. The van der Waals surface area contributed by atoms with Gasteiger partial charge in [-0.3, -0.25) is 4.79 Å². The summed E-state index contributed by atoms with van der Waals surface area (Å²) < 4.78 is 13.1. The van der Waals surface area contributed by atoms with Gasteiger partial charge in [-0.25, -0.2) is 9.37 Å². The van der Waals surface area contributed by atoms with Crippen LogP contribution in [0.1, 0.15) is 46.3 Å². The smallest absolute Gasteiger partial charge is 0.267 e. The van der Waals surface area contributed by atoms with E-state index in [1.807, 2.05) is 32.0 Å². The lowest BCUT2D eigenvalue weighted by molar-refractivity contribution is 0.102. The van der Waals surface area contributed by atoms with Gasteiger partial charge in [-0.1, -0.05) is 32.0 Å². The molecule has 134 valence electrons. The minimum Gasteiger partial charge on any atom is -0.321 e. The van der Waals surface area contributed by atoms with Crippen LogP contribution in [-0.4, -0.2) is 10.9 Å². The van der Waals surface area contributed by atoms with E-state index in [0.717, 1.165) is 22.4 Å². The summed E-state index contributed by atoms with van der Waals surface area (Å²) in [6.45, 7) is 8.02. The van der Waals surface area contributed by atoms with Crippen molar-refractivity contribution in [1.82, 2.24) is 4.98 Å². The van der Waals surface area contributed by atoms with E-state index in [2.05, 4.69) is 24.1 Å². The number of nitrogens with one attached hydrogen (secondary N) is 1. The van der Waals surface area contributed by atoms with Crippen LogP contribution in [0.5, 0.6) is 0 Å². The first-order valence-electron chi connectivity index (χ1n) is 8.51. The first-order valence-corrected chi connectivity index (χ1v) is 9.32. The summed E-state index contributed by atoms with van der Waals surface area (Å²) in [5, 5.41) is 3.77. The molecule has 0 spiro atoms. The van der Waals surface area contributed by atoms with Crippen molar-refractivity contribution in [3.8, 4) is 10.6 Å². The van der Waals surface area contributed by atoms with Gasteiger partial charge in [0.05, 0.1) is 5.69 Å². The number of para-hydroxylation sites is 1. The van der Waals surface area contributed by atoms with E-state index >= 15 is 0 Å². The molecule has 0 aliphatic rings. The van der Waals surface area contributed by atoms with Crippen LogP contribution in [0, 0.1) is 19.7 Å². The van der Waals surface area contributed by atoms with Gasteiger partial charge in [-0.15, -0.1) is 11.3 Å². The summed E-state index contributed by atoms with van der Waals surface area (Å²) in [5.41, 5.74) is 4.48. The van der Waals surface area contributed by atoms with Crippen LogP contribution in [0.2, 0.25) is 0 Å². The van der Waals surface area contributed by atoms with Gasteiger partial charge < -0.3 is 5.32 Å². The predicted octanol–water partition coefficient (Wildman–Crippen LogP) is 5.94. The summed E-state index contributed by atoms with van der Waals surface area (Å²) in [6, 6.07) is 12.2. The Bertz CT molecular complexity index is 945. The Balaban J connectivity index is 1.91. The summed E-state index contributed by atoms with van der Waals surface area (Å²) in [7, 11) is 0. The molecule has 1 amide bonds. The molecule has 0 saturated carbocycles. The van der Waals surface area contributed by atoms with Crippen LogP contribution in [-0.2, 0) is 0 Å². The molecule has 3 rings (SSSR count). The lowest BCUT2D eigenvalue weighted by Crippen LogP contribution is -2.14. The zero-order valence-corrected chi connectivity index (χ0v) is 16.1. The summed E-state index contributed by atoms with van der Waals surface area (Å²) in [5.74, 6) is -0.146.